The lowest BCUT2D eigenvalue weighted by Gasteiger charge is -2.36. The summed E-state index contributed by atoms with van der Waals surface area (Å²) >= 11 is 0. The number of nitrogen functional groups attached to an aromatic ring is 1. The minimum atomic E-state index is -0.454. The smallest absolute Gasteiger partial charge is 0.330 e. The molecule has 0 amide bonds. The van der Waals surface area contributed by atoms with Gasteiger partial charge in [0, 0.05) is 12.6 Å². The highest BCUT2D eigenvalue weighted by molar-refractivity contribution is 5.60. The summed E-state index contributed by atoms with van der Waals surface area (Å²) in [6.45, 7) is 6.73. The van der Waals surface area contributed by atoms with Gasteiger partial charge < -0.3 is 11.1 Å². The Morgan fingerprint density at radius 1 is 1.45 bits per heavy atom. The van der Waals surface area contributed by atoms with Gasteiger partial charge in [0.1, 0.15) is 11.5 Å². The van der Waals surface area contributed by atoms with E-state index in [1.54, 1.807) is 0 Å². The van der Waals surface area contributed by atoms with Gasteiger partial charge >= 0.3 is 5.69 Å². The van der Waals surface area contributed by atoms with E-state index in [-0.39, 0.29) is 17.3 Å². The fourth-order valence-corrected chi connectivity index (χ4v) is 3.07. The van der Waals surface area contributed by atoms with Crippen LogP contribution in [0.2, 0.25) is 0 Å². The molecule has 6 heteroatoms. The van der Waals surface area contributed by atoms with E-state index in [2.05, 4.69) is 24.1 Å². The molecule has 1 heterocycles. The third-order valence-corrected chi connectivity index (χ3v) is 4.11. The molecule has 1 aromatic heterocycles. The normalized spacial score (nSPS) is 21.6. The molecule has 0 saturated heterocycles. The SMILES string of the molecule is CCn1c(N)c(NC2CCCC(C)(C)C2)c(=O)[nH]c1=O. The van der Waals surface area contributed by atoms with Crippen LogP contribution >= 0.6 is 0 Å². The molecule has 6 nitrogen and oxygen atoms in total. The molecule has 1 aliphatic carbocycles. The maximum Gasteiger partial charge on any atom is 0.330 e. The average molecular weight is 280 g/mol. The molecular weight excluding hydrogens is 256 g/mol. The van der Waals surface area contributed by atoms with Crippen LogP contribution in [0.15, 0.2) is 9.59 Å². The van der Waals surface area contributed by atoms with Gasteiger partial charge in [0.25, 0.3) is 5.56 Å². The summed E-state index contributed by atoms with van der Waals surface area (Å²) in [4.78, 5) is 25.9. The molecule has 0 radical (unpaired) electrons. The predicted octanol–water partition coefficient (Wildman–Crippen LogP) is 1.52. The molecule has 1 saturated carbocycles. The van der Waals surface area contributed by atoms with Gasteiger partial charge in [-0.05, 0) is 31.6 Å². The first-order valence-corrected chi connectivity index (χ1v) is 7.23. The Balaban J connectivity index is 2.30. The van der Waals surface area contributed by atoms with E-state index in [0.29, 0.717) is 12.2 Å². The number of rotatable bonds is 3. The molecular formula is C14H24N4O2. The lowest BCUT2D eigenvalue weighted by atomic mass is 9.75. The van der Waals surface area contributed by atoms with Crippen molar-refractivity contribution in [3.05, 3.63) is 20.8 Å². The van der Waals surface area contributed by atoms with Gasteiger partial charge in [0.05, 0.1) is 0 Å². The summed E-state index contributed by atoms with van der Waals surface area (Å²) in [7, 11) is 0. The Morgan fingerprint density at radius 3 is 2.75 bits per heavy atom. The maximum absolute atomic E-state index is 12.0. The van der Waals surface area contributed by atoms with E-state index < -0.39 is 11.2 Å². The molecule has 0 aliphatic heterocycles. The molecule has 1 fully saturated rings. The number of anilines is 2. The minimum absolute atomic E-state index is 0.227. The molecule has 0 bridgehead atoms. The van der Waals surface area contributed by atoms with E-state index in [1.807, 2.05) is 6.92 Å². The van der Waals surface area contributed by atoms with Crippen molar-refractivity contribution in [2.45, 2.75) is 59.0 Å². The minimum Gasteiger partial charge on any atom is -0.383 e. The first-order valence-electron chi connectivity index (χ1n) is 7.23. The highest BCUT2D eigenvalue weighted by Crippen LogP contribution is 2.36. The van der Waals surface area contributed by atoms with Crippen molar-refractivity contribution in [3.63, 3.8) is 0 Å². The van der Waals surface area contributed by atoms with E-state index in [1.165, 1.54) is 11.0 Å². The summed E-state index contributed by atoms with van der Waals surface area (Å²) < 4.78 is 1.37. The van der Waals surface area contributed by atoms with Crippen LogP contribution < -0.4 is 22.3 Å². The third kappa shape index (κ3) is 2.89. The second kappa shape index (κ2) is 5.34. The summed E-state index contributed by atoms with van der Waals surface area (Å²) in [6.07, 6.45) is 4.35. The van der Waals surface area contributed by atoms with Gasteiger partial charge in [-0.25, -0.2) is 4.79 Å². The fraction of sp³-hybridized carbons (Fsp3) is 0.714. The number of nitrogens with one attached hydrogen (secondary N) is 2. The van der Waals surface area contributed by atoms with E-state index in [0.717, 1.165) is 19.3 Å². The number of H-pyrrole nitrogens is 1. The third-order valence-electron chi connectivity index (χ3n) is 4.11. The Morgan fingerprint density at radius 2 is 2.15 bits per heavy atom. The molecule has 0 spiro atoms. The monoisotopic (exact) mass is 280 g/mol. The maximum atomic E-state index is 12.0. The first kappa shape index (κ1) is 14.7. The van der Waals surface area contributed by atoms with Crippen molar-refractivity contribution in [1.29, 1.82) is 0 Å². The molecule has 1 aliphatic rings. The Hall–Kier alpha value is -1.72. The average Bonchev–Trinajstić information content (AvgIpc) is 2.33. The Labute approximate surface area is 118 Å². The van der Waals surface area contributed by atoms with Crippen LogP contribution in [-0.2, 0) is 6.54 Å². The molecule has 0 aromatic carbocycles. The highest BCUT2D eigenvalue weighted by Gasteiger charge is 2.28. The molecule has 20 heavy (non-hydrogen) atoms. The predicted molar refractivity (Wildman–Crippen MR) is 81.1 cm³/mol. The molecule has 4 N–H and O–H groups in total. The van der Waals surface area contributed by atoms with E-state index in [4.69, 9.17) is 5.73 Å². The van der Waals surface area contributed by atoms with Crippen LogP contribution in [-0.4, -0.2) is 15.6 Å². The highest BCUT2D eigenvalue weighted by atomic mass is 16.2. The number of hydrogen-bond acceptors (Lipinski definition) is 4. The van der Waals surface area contributed by atoms with Crippen molar-refractivity contribution in [2.24, 2.45) is 5.41 Å². The summed E-state index contributed by atoms with van der Waals surface area (Å²) in [5.74, 6) is 0.227. The van der Waals surface area contributed by atoms with Gasteiger partial charge in [-0.2, -0.15) is 0 Å². The molecule has 1 atom stereocenters. The van der Waals surface area contributed by atoms with Gasteiger partial charge in [0.2, 0.25) is 0 Å². The second-order valence-electron chi connectivity index (χ2n) is 6.37. The van der Waals surface area contributed by atoms with Crippen LogP contribution in [0.3, 0.4) is 0 Å². The van der Waals surface area contributed by atoms with Crippen molar-refractivity contribution in [2.75, 3.05) is 11.1 Å². The van der Waals surface area contributed by atoms with Gasteiger partial charge in [-0.1, -0.05) is 20.3 Å². The number of aromatic nitrogens is 2. The molecule has 2 rings (SSSR count). The van der Waals surface area contributed by atoms with Gasteiger partial charge in [-0.15, -0.1) is 0 Å². The molecule has 1 aromatic rings. The van der Waals surface area contributed by atoms with Gasteiger partial charge in [0.15, 0.2) is 0 Å². The van der Waals surface area contributed by atoms with Crippen LogP contribution in [0, 0.1) is 5.41 Å². The number of nitrogens with two attached hydrogens (primary N) is 1. The van der Waals surface area contributed by atoms with E-state index >= 15 is 0 Å². The number of aromatic amines is 1. The summed E-state index contributed by atoms with van der Waals surface area (Å²) in [6, 6.07) is 0.227. The van der Waals surface area contributed by atoms with E-state index in [9.17, 15) is 9.59 Å². The van der Waals surface area contributed by atoms with Gasteiger partial charge in [-0.3, -0.25) is 14.3 Å². The van der Waals surface area contributed by atoms with Crippen molar-refractivity contribution in [1.82, 2.24) is 9.55 Å². The zero-order valence-electron chi connectivity index (χ0n) is 12.5. The van der Waals surface area contributed by atoms with Crippen molar-refractivity contribution < 1.29 is 0 Å². The zero-order chi connectivity index (χ0) is 14.9. The summed E-state index contributed by atoms with van der Waals surface area (Å²) in [5, 5.41) is 3.25. The Bertz CT molecular complexity index is 600. The zero-order valence-corrected chi connectivity index (χ0v) is 12.5. The molecule has 1 unspecified atom stereocenters. The number of hydrogen-bond donors (Lipinski definition) is 3. The second-order valence-corrected chi connectivity index (χ2v) is 6.37. The fourth-order valence-electron chi connectivity index (χ4n) is 3.07. The standard InChI is InChI=1S/C14H24N4O2/c1-4-18-11(15)10(12(19)17-13(18)20)16-9-6-5-7-14(2,3)8-9/h9,16H,4-8,15H2,1-3H3,(H,17,19,20). The van der Waals surface area contributed by atoms with Crippen molar-refractivity contribution in [3.8, 4) is 0 Å². The lowest BCUT2D eigenvalue weighted by Crippen LogP contribution is -2.38. The van der Waals surface area contributed by atoms with Crippen LogP contribution in [0.25, 0.3) is 0 Å². The van der Waals surface area contributed by atoms with Crippen LogP contribution in [0.5, 0.6) is 0 Å². The quantitative estimate of drug-likeness (QED) is 0.782. The lowest BCUT2D eigenvalue weighted by molar-refractivity contribution is 0.229. The van der Waals surface area contributed by atoms with Crippen molar-refractivity contribution >= 4 is 11.5 Å². The first-order chi connectivity index (χ1) is 9.34. The largest absolute Gasteiger partial charge is 0.383 e. The topological polar surface area (TPSA) is 92.9 Å². The number of nitrogens with zero attached hydrogens (tertiary/aromatic N) is 1. The Kier molecular flexibility index (Phi) is 3.92. The molecule has 112 valence electrons. The van der Waals surface area contributed by atoms with Crippen LogP contribution in [0.1, 0.15) is 46.5 Å². The summed E-state index contributed by atoms with van der Waals surface area (Å²) in [5.41, 5.74) is 5.68. The van der Waals surface area contributed by atoms with Crippen LogP contribution in [0.4, 0.5) is 11.5 Å².